The molecule has 1 aliphatic rings. The number of fused-ring (bicyclic) bond motifs is 3. The number of hydrogen-bond donors (Lipinski definition) is 1. The van der Waals surface area contributed by atoms with Gasteiger partial charge in [0, 0.05) is 11.6 Å². The highest BCUT2D eigenvalue weighted by molar-refractivity contribution is 6.44. The van der Waals surface area contributed by atoms with Crippen LogP contribution in [0.2, 0.25) is 10.0 Å². The molecule has 1 N–H and O–H groups in total. The van der Waals surface area contributed by atoms with Crippen LogP contribution in [0.25, 0.3) is 16.7 Å². The van der Waals surface area contributed by atoms with E-state index in [-0.39, 0.29) is 0 Å². The maximum absolute atomic E-state index is 11.1. The molecule has 0 fully saturated rings. The Kier molecular flexibility index (Phi) is 3.31. The maximum Gasteiger partial charge on any atom is 0.328 e. The van der Waals surface area contributed by atoms with E-state index in [0.717, 1.165) is 33.4 Å². The second kappa shape index (κ2) is 4.90. The molecular formula is C17H12Cl2O2. The lowest BCUT2D eigenvalue weighted by molar-refractivity contribution is -0.131. The summed E-state index contributed by atoms with van der Waals surface area (Å²) in [5.41, 5.74) is 6.40. The van der Waals surface area contributed by atoms with E-state index in [1.807, 2.05) is 32.0 Å². The molecule has 0 amide bonds. The molecule has 0 spiro atoms. The zero-order valence-electron chi connectivity index (χ0n) is 11.5. The Morgan fingerprint density at radius 3 is 2.33 bits per heavy atom. The molecule has 2 nitrogen and oxygen atoms in total. The van der Waals surface area contributed by atoms with E-state index in [1.165, 1.54) is 6.08 Å². The first-order valence-corrected chi connectivity index (χ1v) is 7.21. The molecule has 3 rings (SSSR count). The van der Waals surface area contributed by atoms with Crippen LogP contribution in [0.1, 0.15) is 22.3 Å². The van der Waals surface area contributed by atoms with Crippen molar-refractivity contribution in [2.45, 2.75) is 13.8 Å². The van der Waals surface area contributed by atoms with Crippen LogP contribution < -0.4 is 0 Å². The quantitative estimate of drug-likeness (QED) is 0.633. The van der Waals surface area contributed by atoms with Crippen LogP contribution in [0.15, 0.2) is 30.3 Å². The van der Waals surface area contributed by atoms with E-state index in [4.69, 9.17) is 28.3 Å². The van der Waals surface area contributed by atoms with Gasteiger partial charge in [-0.15, -0.1) is 0 Å². The Morgan fingerprint density at radius 2 is 1.67 bits per heavy atom. The molecule has 0 radical (unpaired) electrons. The molecule has 2 aromatic carbocycles. The van der Waals surface area contributed by atoms with Gasteiger partial charge < -0.3 is 5.11 Å². The van der Waals surface area contributed by atoms with E-state index in [0.29, 0.717) is 15.6 Å². The fourth-order valence-electron chi connectivity index (χ4n) is 2.81. The SMILES string of the molecule is Cc1ccc2c(c1C)-c1c(ccc(Cl)c1Cl)/C2=C/C(=O)O. The van der Waals surface area contributed by atoms with E-state index in [2.05, 4.69) is 0 Å². The summed E-state index contributed by atoms with van der Waals surface area (Å²) in [7, 11) is 0. The van der Waals surface area contributed by atoms with E-state index < -0.39 is 5.97 Å². The fourth-order valence-corrected chi connectivity index (χ4v) is 3.22. The van der Waals surface area contributed by atoms with Gasteiger partial charge in [0.25, 0.3) is 0 Å². The number of carboxylic acids is 1. The van der Waals surface area contributed by atoms with Gasteiger partial charge in [0.2, 0.25) is 0 Å². The lowest BCUT2D eigenvalue weighted by atomic mass is 9.96. The van der Waals surface area contributed by atoms with Crippen molar-refractivity contribution in [2.75, 3.05) is 0 Å². The molecule has 0 aromatic heterocycles. The summed E-state index contributed by atoms with van der Waals surface area (Å²) < 4.78 is 0. The summed E-state index contributed by atoms with van der Waals surface area (Å²) in [6, 6.07) is 7.46. The summed E-state index contributed by atoms with van der Waals surface area (Å²) in [5, 5.41) is 10.1. The lowest BCUT2D eigenvalue weighted by Crippen LogP contribution is -1.92. The van der Waals surface area contributed by atoms with Crippen molar-refractivity contribution < 1.29 is 9.90 Å². The minimum atomic E-state index is -0.979. The number of benzene rings is 2. The third-order valence-electron chi connectivity index (χ3n) is 3.93. The van der Waals surface area contributed by atoms with E-state index in [1.54, 1.807) is 6.07 Å². The minimum absolute atomic E-state index is 0.470. The van der Waals surface area contributed by atoms with Gasteiger partial charge in [-0.1, -0.05) is 41.4 Å². The van der Waals surface area contributed by atoms with Crippen LogP contribution >= 0.6 is 23.2 Å². The Labute approximate surface area is 132 Å². The largest absolute Gasteiger partial charge is 0.478 e. The number of rotatable bonds is 1. The van der Waals surface area contributed by atoms with Crippen molar-refractivity contribution >= 4 is 34.7 Å². The monoisotopic (exact) mass is 318 g/mol. The van der Waals surface area contributed by atoms with Crippen molar-refractivity contribution in [2.24, 2.45) is 0 Å². The third kappa shape index (κ3) is 2.06. The number of aliphatic carboxylic acids is 1. The molecule has 4 heteroatoms. The predicted molar refractivity (Wildman–Crippen MR) is 86.1 cm³/mol. The molecule has 0 aliphatic heterocycles. The smallest absolute Gasteiger partial charge is 0.328 e. The highest BCUT2D eigenvalue weighted by Gasteiger charge is 2.29. The second-order valence-corrected chi connectivity index (χ2v) is 5.90. The molecule has 1 aliphatic carbocycles. The van der Waals surface area contributed by atoms with Gasteiger partial charge in [-0.3, -0.25) is 0 Å². The average molecular weight is 319 g/mol. The Bertz CT molecular complexity index is 761. The van der Waals surface area contributed by atoms with Crippen molar-refractivity contribution in [3.8, 4) is 11.1 Å². The van der Waals surface area contributed by atoms with Crippen molar-refractivity contribution in [3.05, 3.63) is 62.6 Å². The Morgan fingerprint density at radius 1 is 1.05 bits per heavy atom. The molecule has 0 saturated heterocycles. The fraction of sp³-hybridized carbons (Fsp3) is 0.118. The number of halogens is 2. The summed E-state index contributed by atoms with van der Waals surface area (Å²) in [5.74, 6) is -0.979. The molecular weight excluding hydrogens is 307 g/mol. The molecule has 0 bridgehead atoms. The predicted octanol–water partition coefficient (Wildman–Crippen LogP) is 5.11. The van der Waals surface area contributed by atoms with Crippen molar-refractivity contribution in [3.63, 3.8) is 0 Å². The van der Waals surface area contributed by atoms with Gasteiger partial charge in [0.05, 0.1) is 10.0 Å². The topological polar surface area (TPSA) is 37.3 Å². The lowest BCUT2D eigenvalue weighted by Gasteiger charge is -2.10. The van der Waals surface area contributed by atoms with Crippen LogP contribution in [0.4, 0.5) is 0 Å². The maximum atomic E-state index is 11.1. The standard InChI is InChI=1S/C17H12Cl2O2/c1-8-3-4-10-12(7-14(20)21)11-5-6-13(18)17(19)16(11)15(10)9(8)2/h3-7H,1-2H3,(H,20,21)/b12-7+. The van der Waals surface area contributed by atoms with Gasteiger partial charge >= 0.3 is 5.97 Å². The summed E-state index contributed by atoms with van der Waals surface area (Å²) >= 11 is 12.5. The molecule has 0 saturated carbocycles. The van der Waals surface area contributed by atoms with E-state index >= 15 is 0 Å². The second-order valence-electron chi connectivity index (χ2n) is 5.11. The van der Waals surface area contributed by atoms with Gasteiger partial charge in [-0.05, 0) is 53.3 Å². The summed E-state index contributed by atoms with van der Waals surface area (Å²) in [6.45, 7) is 4.03. The van der Waals surface area contributed by atoms with Gasteiger partial charge in [-0.2, -0.15) is 0 Å². The molecule has 106 valence electrons. The summed E-state index contributed by atoms with van der Waals surface area (Å²) in [6.07, 6.45) is 1.23. The number of carbonyl (C=O) groups is 1. The zero-order valence-corrected chi connectivity index (χ0v) is 13.0. The van der Waals surface area contributed by atoms with Crippen LogP contribution in [0, 0.1) is 13.8 Å². The molecule has 2 aromatic rings. The van der Waals surface area contributed by atoms with Crippen LogP contribution in [-0.2, 0) is 4.79 Å². The molecule has 0 heterocycles. The normalized spacial score (nSPS) is 14.2. The summed E-state index contributed by atoms with van der Waals surface area (Å²) in [4.78, 5) is 11.1. The molecule has 0 unspecified atom stereocenters. The van der Waals surface area contributed by atoms with Gasteiger partial charge in [-0.25, -0.2) is 4.79 Å². The first kappa shape index (κ1) is 14.2. The first-order valence-electron chi connectivity index (χ1n) is 6.45. The number of carboxylic acid groups (broad SMARTS) is 1. The molecule has 0 atom stereocenters. The van der Waals surface area contributed by atoms with Crippen LogP contribution in [0.5, 0.6) is 0 Å². The van der Waals surface area contributed by atoms with Crippen LogP contribution in [-0.4, -0.2) is 11.1 Å². The number of hydrogen-bond acceptors (Lipinski definition) is 1. The molecule has 21 heavy (non-hydrogen) atoms. The minimum Gasteiger partial charge on any atom is -0.478 e. The Balaban J connectivity index is 2.47. The van der Waals surface area contributed by atoms with Gasteiger partial charge in [0.15, 0.2) is 0 Å². The highest BCUT2D eigenvalue weighted by atomic mass is 35.5. The Hall–Kier alpha value is -1.77. The third-order valence-corrected chi connectivity index (χ3v) is 4.73. The van der Waals surface area contributed by atoms with Crippen molar-refractivity contribution in [1.82, 2.24) is 0 Å². The van der Waals surface area contributed by atoms with E-state index in [9.17, 15) is 4.79 Å². The van der Waals surface area contributed by atoms with Crippen molar-refractivity contribution in [1.29, 1.82) is 0 Å². The highest BCUT2D eigenvalue weighted by Crippen LogP contribution is 2.51. The number of aryl methyl sites for hydroxylation is 1. The first-order chi connectivity index (χ1) is 9.91. The van der Waals surface area contributed by atoms with Crippen LogP contribution in [0.3, 0.4) is 0 Å². The zero-order chi connectivity index (χ0) is 15.3. The van der Waals surface area contributed by atoms with Gasteiger partial charge in [0.1, 0.15) is 0 Å². The average Bonchev–Trinajstić information content (AvgIpc) is 2.73.